The van der Waals surface area contributed by atoms with Crippen LogP contribution in [0.1, 0.15) is 18.4 Å². The normalized spacial score (nSPS) is 12.1. The van der Waals surface area contributed by atoms with Crippen molar-refractivity contribution in [1.29, 1.82) is 0 Å². The lowest BCUT2D eigenvalue weighted by atomic mass is 10.1. The highest BCUT2D eigenvalue weighted by molar-refractivity contribution is 6.29. The average molecular weight is 166 g/mol. The zero-order valence-electron chi connectivity index (χ0n) is 6.21. The Hall–Kier alpha value is -1.00. The zero-order chi connectivity index (χ0) is 8.27. The average Bonchev–Trinajstić information content (AvgIpc) is 2.05. The predicted molar refractivity (Wildman–Crippen MR) is 46.5 cm³/mol. The maximum absolute atomic E-state index is 5.60. The van der Waals surface area contributed by atoms with Crippen LogP contribution in [0.25, 0.3) is 0 Å². The molecule has 0 spiro atoms. The molecule has 0 radical (unpaired) electrons. The van der Waals surface area contributed by atoms with Crippen LogP contribution in [-0.2, 0) is 0 Å². The van der Waals surface area contributed by atoms with Gasteiger partial charge in [0.25, 0.3) is 0 Å². The summed E-state index contributed by atoms with van der Waals surface area (Å²) in [7, 11) is 0. The second-order valence-corrected chi connectivity index (χ2v) is 2.69. The Morgan fingerprint density at radius 1 is 1.64 bits per heavy atom. The Balaban J connectivity index is 2.92. The van der Waals surface area contributed by atoms with Crippen molar-refractivity contribution in [3.8, 4) is 12.3 Å². The molecule has 0 aliphatic carbocycles. The maximum atomic E-state index is 5.60. The van der Waals surface area contributed by atoms with E-state index in [2.05, 4.69) is 10.9 Å². The van der Waals surface area contributed by atoms with Crippen LogP contribution in [0.3, 0.4) is 0 Å². The van der Waals surface area contributed by atoms with Crippen LogP contribution in [0.15, 0.2) is 18.3 Å². The van der Waals surface area contributed by atoms with Gasteiger partial charge in [0, 0.05) is 12.1 Å². The Bertz CT molecular complexity index is 271. The second-order valence-electron chi connectivity index (χ2n) is 2.30. The van der Waals surface area contributed by atoms with Crippen molar-refractivity contribution < 1.29 is 0 Å². The molecule has 2 heteroatoms. The summed E-state index contributed by atoms with van der Waals surface area (Å²) in [6.45, 7) is 1.95. The number of hydrogen-bond donors (Lipinski definition) is 0. The maximum Gasteiger partial charge on any atom is 0.129 e. The Morgan fingerprint density at radius 2 is 2.36 bits per heavy atom. The molecule has 1 unspecified atom stereocenters. The first kappa shape index (κ1) is 8.10. The molecule has 1 aromatic rings. The quantitative estimate of drug-likeness (QED) is 0.460. The van der Waals surface area contributed by atoms with Crippen molar-refractivity contribution in [3.05, 3.63) is 29.0 Å². The van der Waals surface area contributed by atoms with Gasteiger partial charge in [-0.3, -0.25) is 0 Å². The largest absolute Gasteiger partial charge is 0.244 e. The highest BCUT2D eigenvalue weighted by atomic mass is 35.5. The number of nitrogens with zero attached hydrogens (tertiary/aromatic N) is 1. The summed E-state index contributed by atoms with van der Waals surface area (Å²) < 4.78 is 0. The van der Waals surface area contributed by atoms with Gasteiger partial charge >= 0.3 is 0 Å². The number of rotatable bonds is 1. The van der Waals surface area contributed by atoms with Crippen molar-refractivity contribution in [1.82, 2.24) is 4.98 Å². The summed E-state index contributed by atoms with van der Waals surface area (Å²) in [5, 5.41) is 0.498. The second kappa shape index (κ2) is 3.41. The van der Waals surface area contributed by atoms with Crippen molar-refractivity contribution in [2.24, 2.45) is 0 Å². The van der Waals surface area contributed by atoms with E-state index < -0.39 is 0 Å². The van der Waals surface area contributed by atoms with Crippen LogP contribution in [0.4, 0.5) is 0 Å². The lowest BCUT2D eigenvalue weighted by molar-refractivity contribution is 0.989. The summed E-state index contributed by atoms with van der Waals surface area (Å²) in [4.78, 5) is 3.92. The van der Waals surface area contributed by atoms with Gasteiger partial charge in [0.15, 0.2) is 0 Å². The Morgan fingerprint density at radius 3 is 2.82 bits per heavy atom. The van der Waals surface area contributed by atoms with Crippen molar-refractivity contribution >= 4 is 11.6 Å². The van der Waals surface area contributed by atoms with Gasteiger partial charge in [-0.1, -0.05) is 23.6 Å². The fourth-order valence-electron chi connectivity index (χ4n) is 0.740. The van der Waals surface area contributed by atoms with Crippen LogP contribution in [0.2, 0.25) is 5.15 Å². The van der Waals surface area contributed by atoms with E-state index >= 15 is 0 Å². The standard InChI is InChI=1S/C9H8ClN/c1-3-7(2)8-4-5-9(10)11-6-8/h1,4-7H,2H3. The van der Waals surface area contributed by atoms with Crippen LogP contribution >= 0.6 is 11.6 Å². The van der Waals surface area contributed by atoms with Crippen LogP contribution in [-0.4, -0.2) is 4.98 Å². The van der Waals surface area contributed by atoms with E-state index in [-0.39, 0.29) is 5.92 Å². The van der Waals surface area contributed by atoms with Gasteiger partial charge in [-0.15, -0.1) is 6.42 Å². The molecule has 56 valence electrons. The molecule has 0 fully saturated rings. The van der Waals surface area contributed by atoms with E-state index in [0.717, 1.165) is 5.56 Å². The smallest absolute Gasteiger partial charge is 0.129 e. The van der Waals surface area contributed by atoms with Gasteiger partial charge < -0.3 is 0 Å². The monoisotopic (exact) mass is 165 g/mol. The molecule has 0 aliphatic heterocycles. The Kier molecular flexibility index (Phi) is 2.51. The molecule has 1 atom stereocenters. The summed E-state index contributed by atoms with van der Waals surface area (Å²) in [5.74, 6) is 2.73. The third-order valence-corrected chi connectivity index (χ3v) is 1.72. The van der Waals surface area contributed by atoms with Gasteiger partial charge in [-0.2, -0.15) is 0 Å². The Labute approximate surface area is 71.4 Å². The number of pyridine rings is 1. The van der Waals surface area contributed by atoms with E-state index in [1.807, 2.05) is 13.0 Å². The molecule has 0 aromatic carbocycles. The van der Waals surface area contributed by atoms with Crippen molar-refractivity contribution in [2.45, 2.75) is 12.8 Å². The molecule has 0 bridgehead atoms. The van der Waals surface area contributed by atoms with Gasteiger partial charge in [0.05, 0.1) is 0 Å². The molecule has 0 aliphatic rings. The third-order valence-electron chi connectivity index (χ3n) is 1.50. The molecular formula is C9H8ClN. The van der Waals surface area contributed by atoms with Crippen LogP contribution < -0.4 is 0 Å². The van der Waals surface area contributed by atoms with Crippen molar-refractivity contribution in [2.75, 3.05) is 0 Å². The highest BCUT2D eigenvalue weighted by Crippen LogP contribution is 2.14. The molecule has 1 rings (SSSR count). The molecule has 1 heterocycles. The lowest BCUT2D eigenvalue weighted by Gasteiger charge is -2.01. The van der Waals surface area contributed by atoms with E-state index in [4.69, 9.17) is 18.0 Å². The summed E-state index contributed by atoms with van der Waals surface area (Å²) in [6, 6.07) is 3.63. The summed E-state index contributed by atoms with van der Waals surface area (Å²) in [5.41, 5.74) is 1.02. The first-order valence-electron chi connectivity index (χ1n) is 3.31. The molecule has 0 amide bonds. The SMILES string of the molecule is C#CC(C)c1ccc(Cl)nc1. The summed E-state index contributed by atoms with van der Waals surface area (Å²) >= 11 is 5.60. The molecule has 0 N–H and O–H groups in total. The molecule has 0 saturated carbocycles. The topological polar surface area (TPSA) is 12.9 Å². The van der Waals surface area contributed by atoms with Crippen LogP contribution in [0, 0.1) is 12.3 Å². The zero-order valence-corrected chi connectivity index (χ0v) is 6.97. The minimum Gasteiger partial charge on any atom is -0.244 e. The highest BCUT2D eigenvalue weighted by Gasteiger charge is 2.00. The minimum absolute atomic E-state index is 0.111. The number of hydrogen-bond acceptors (Lipinski definition) is 1. The molecule has 1 nitrogen and oxygen atoms in total. The van der Waals surface area contributed by atoms with E-state index in [0.29, 0.717) is 5.15 Å². The molecular weight excluding hydrogens is 158 g/mol. The fourth-order valence-corrected chi connectivity index (χ4v) is 0.851. The van der Waals surface area contributed by atoms with E-state index in [1.165, 1.54) is 0 Å². The van der Waals surface area contributed by atoms with Gasteiger partial charge in [0.1, 0.15) is 5.15 Å². The van der Waals surface area contributed by atoms with Gasteiger partial charge in [0.2, 0.25) is 0 Å². The van der Waals surface area contributed by atoms with Gasteiger partial charge in [-0.25, -0.2) is 4.98 Å². The number of halogens is 1. The third kappa shape index (κ3) is 1.96. The minimum atomic E-state index is 0.111. The molecule has 1 aromatic heterocycles. The first-order chi connectivity index (χ1) is 5.24. The predicted octanol–water partition coefficient (Wildman–Crippen LogP) is 2.47. The van der Waals surface area contributed by atoms with Crippen LogP contribution in [0.5, 0.6) is 0 Å². The summed E-state index contributed by atoms with van der Waals surface area (Å²) in [6.07, 6.45) is 6.93. The molecule has 0 saturated heterocycles. The fraction of sp³-hybridized carbons (Fsp3) is 0.222. The number of aromatic nitrogens is 1. The van der Waals surface area contributed by atoms with Crippen molar-refractivity contribution in [3.63, 3.8) is 0 Å². The first-order valence-corrected chi connectivity index (χ1v) is 3.69. The molecule has 11 heavy (non-hydrogen) atoms. The lowest BCUT2D eigenvalue weighted by Crippen LogP contribution is -1.89. The van der Waals surface area contributed by atoms with E-state index in [9.17, 15) is 0 Å². The number of terminal acetylenes is 1. The van der Waals surface area contributed by atoms with Gasteiger partial charge in [-0.05, 0) is 18.6 Å². The van der Waals surface area contributed by atoms with E-state index in [1.54, 1.807) is 12.3 Å².